The summed E-state index contributed by atoms with van der Waals surface area (Å²) in [5.74, 6) is 1.43. The summed E-state index contributed by atoms with van der Waals surface area (Å²) in [6, 6.07) is 14.2. The fraction of sp³-hybridized carbons (Fsp3) is 0.316. The summed E-state index contributed by atoms with van der Waals surface area (Å²) in [6.07, 6.45) is 0. The second-order valence-corrected chi connectivity index (χ2v) is 7.76. The lowest BCUT2D eigenvalue weighted by Crippen LogP contribution is -2.35. The number of ether oxygens (including phenoxy) is 1. The molecule has 0 radical (unpaired) electrons. The Labute approximate surface area is 155 Å². The number of aliphatic imine (C=N–C) groups is 1. The molecule has 0 heterocycles. The number of nitrogens with one attached hydrogen (secondary N) is 1. The quantitative estimate of drug-likeness (QED) is 0.597. The number of aryl methyl sites for hydroxylation is 1. The van der Waals surface area contributed by atoms with Crippen LogP contribution in [-0.2, 0) is 10.0 Å². The van der Waals surface area contributed by atoms with Gasteiger partial charge in [-0.15, -0.1) is 0 Å². The molecule has 7 heteroatoms. The zero-order chi connectivity index (χ0) is 19.2. The van der Waals surface area contributed by atoms with Crippen LogP contribution >= 0.6 is 0 Å². The molecule has 0 amide bonds. The number of benzene rings is 2. The molecule has 0 fully saturated rings. The lowest BCUT2D eigenvalue weighted by atomic mass is 10.2. The highest BCUT2D eigenvalue weighted by molar-refractivity contribution is 7.89. The van der Waals surface area contributed by atoms with Crippen molar-refractivity contribution in [3.63, 3.8) is 0 Å². The first-order chi connectivity index (χ1) is 12.3. The van der Waals surface area contributed by atoms with Gasteiger partial charge in [-0.05, 0) is 50.2 Å². The first-order valence-electron chi connectivity index (χ1n) is 8.28. The van der Waals surface area contributed by atoms with Crippen molar-refractivity contribution in [2.75, 3.05) is 27.2 Å². The highest BCUT2D eigenvalue weighted by Gasteiger charge is 2.13. The normalized spacial score (nSPS) is 12.1. The van der Waals surface area contributed by atoms with E-state index in [0.29, 0.717) is 12.3 Å². The molecule has 6 nitrogen and oxygen atoms in total. The van der Waals surface area contributed by atoms with Crippen LogP contribution in [0.15, 0.2) is 58.4 Å². The minimum atomic E-state index is -3.54. The van der Waals surface area contributed by atoms with Crippen LogP contribution < -0.4 is 9.46 Å². The zero-order valence-corrected chi connectivity index (χ0v) is 16.4. The Hall–Kier alpha value is -2.38. The third kappa shape index (κ3) is 5.57. The van der Waals surface area contributed by atoms with Gasteiger partial charge in [-0.2, -0.15) is 0 Å². The first-order valence-corrected chi connectivity index (χ1v) is 9.77. The molecule has 0 unspecified atom stereocenters. The van der Waals surface area contributed by atoms with Gasteiger partial charge in [0.15, 0.2) is 0 Å². The Morgan fingerprint density at radius 3 is 2.31 bits per heavy atom. The lowest BCUT2D eigenvalue weighted by molar-refractivity contribution is 0.414. The van der Waals surface area contributed by atoms with E-state index >= 15 is 0 Å². The number of sulfonamides is 1. The third-order valence-electron chi connectivity index (χ3n) is 3.99. The van der Waals surface area contributed by atoms with Crippen molar-refractivity contribution < 1.29 is 13.2 Å². The van der Waals surface area contributed by atoms with Gasteiger partial charge in [0.05, 0.1) is 17.7 Å². The molecule has 0 aliphatic carbocycles. The van der Waals surface area contributed by atoms with E-state index in [2.05, 4.69) is 9.71 Å². The molecule has 2 rings (SSSR count). The number of hydrogen-bond donors (Lipinski definition) is 1. The lowest BCUT2D eigenvalue weighted by Gasteiger charge is -2.19. The maximum Gasteiger partial charge on any atom is 0.240 e. The topological polar surface area (TPSA) is 71.0 Å². The summed E-state index contributed by atoms with van der Waals surface area (Å²) in [4.78, 5) is 6.67. The van der Waals surface area contributed by atoms with Gasteiger partial charge < -0.3 is 9.64 Å². The maximum atomic E-state index is 12.3. The molecule has 140 valence electrons. The summed E-state index contributed by atoms with van der Waals surface area (Å²) < 4.78 is 32.3. The van der Waals surface area contributed by atoms with Crippen molar-refractivity contribution in [2.45, 2.75) is 18.7 Å². The fourth-order valence-corrected chi connectivity index (χ4v) is 3.26. The summed E-state index contributed by atoms with van der Waals surface area (Å²) in [6.45, 7) is 4.72. The molecule has 0 bridgehead atoms. The second-order valence-electron chi connectivity index (χ2n) is 5.99. The number of methoxy groups -OCH3 is 1. The molecular weight excluding hydrogens is 350 g/mol. The molecular formula is C19H25N3O3S. The smallest absolute Gasteiger partial charge is 0.240 e. The number of nitrogens with zero attached hydrogens (tertiary/aromatic N) is 2. The van der Waals surface area contributed by atoms with Gasteiger partial charge in [0.1, 0.15) is 11.6 Å². The second kappa shape index (κ2) is 8.82. The Balaban J connectivity index is 1.91. The van der Waals surface area contributed by atoms with E-state index in [1.807, 2.05) is 50.1 Å². The summed E-state index contributed by atoms with van der Waals surface area (Å²) >= 11 is 0. The highest BCUT2D eigenvalue weighted by Crippen LogP contribution is 2.15. The van der Waals surface area contributed by atoms with E-state index in [9.17, 15) is 8.42 Å². The van der Waals surface area contributed by atoms with Gasteiger partial charge >= 0.3 is 0 Å². The predicted molar refractivity (Wildman–Crippen MR) is 105 cm³/mol. The van der Waals surface area contributed by atoms with Crippen molar-refractivity contribution in [3.8, 4) is 5.75 Å². The van der Waals surface area contributed by atoms with Gasteiger partial charge in [-0.25, -0.2) is 18.1 Å². The molecule has 0 spiro atoms. The first kappa shape index (κ1) is 19.9. The molecule has 0 aliphatic rings. The van der Waals surface area contributed by atoms with E-state index in [0.717, 1.165) is 11.5 Å². The molecule has 2 aromatic rings. The molecule has 1 N–H and O–H groups in total. The van der Waals surface area contributed by atoms with E-state index in [-0.39, 0.29) is 11.4 Å². The minimum absolute atomic E-state index is 0.214. The van der Waals surface area contributed by atoms with Crippen molar-refractivity contribution in [1.29, 1.82) is 0 Å². The Morgan fingerprint density at radius 2 is 1.73 bits per heavy atom. The Bertz CT molecular complexity index is 845. The molecule has 2 aromatic carbocycles. The SMILES string of the molecule is COc1ccc(S(=O)(=O)NCCN(C)C(C)=Nc2ccc(C)cc2)cc1. The number of likely N-dealkylation sites (N-methyl/N-ethyl adjacent to an activating group) is 1. The van der Waals surface area contributed by atoms with E-state index in [4.69, 9.17) is 4.74 Å². The third-order valence-corrected chi connectivity index (χ3v) is 5.46. The zero-order valence-electron chi connectivity index (χ0n) is 15.6. The van der Waals surface area contributed by atoms with Crippen molar-refractivity contribution in [3.05, 3.63) is 54.1 Å². The van der Waals surface area contributed by atoms with Crippen LogP contribution in [0.4, 0.5) is 5.69 Å². The van der Waals surface area contributed by atoms with Crippen molar-refractivity contribution >= 4 is 21.5 Å². The number of hydrogen-bond acceptors (Lipinski definition) is 4. The summed E-state index contributed by atoms with van der Waals surface area (Å²) in [5, 5.41) is 0. The molecule has 0 saturated carbocycles. The molecule has 0 saturated heterocycles. The summed E-state index contributed by atoms with van der Waals surface area (Å²) in [7, 11) is -0.119. The highest BCUT2D eigenvalue weighted by atomic mass is 32.2. The number of rotatable bonds is 7. The van der Waals surface area contributed by atoms with Gasteiger partial charge in [-0.3, -0.25) is 0 Å². The molecule has 26 heavy (non-hydrogen) atoms. The number of amidine groups is 1. The van der Waals surface area contributed by atoms with E-state index < -0.39 is 10.0 Å². The van der Waals surface area contributed by atoms with Gasteiger partial charge in [0.25, 0.3) is 0 Å². The van der Waals surface area contributed by atoms with Gasteiger partial charge in [0.2, 0.25) is 10.0 Å². The van der Waals surface area contributed by atoms with Crippen LogP contribution in [0.2, 0.25) is 0 Å². The molecule has 0 aliphatic heterocycles. The van der Waals surface area contributed by atoms with E-state index in [1.165, 1.54) is 24.8 Å². The fourth-order valence-electron chi connectivity index (χ4n) is 2.24. The van der Waals surface area contributed by atoms with Crippen LogP contribution in [0.3, 0.4) is 0 Å². The van der Waals surface area contributed by atoms with Gasteiger partial charge in [-0.1, -0.05) is 17.7 Å². The summed E-state index contributed by atoms with van der Waals surface area (Å²) in [5.41, 5.74) is 2.06. The minimum Gasteiger partial charge on any atom is -0.497 e. The monoisotopic (exact) mass is 375 g/mol. The van der Waals surface area contributed by atoms with Crippen LogP contribution in [0.25, 0.3) is 0 Å². The van der Waals surface area contributed by atoms with Crippen molar-refractivity contribution in [1.82, 2.24) is 9.62 Å². The van der Waals surface area contributed by atoms with Crippen LogP contribution in [0.1, 0.15) is 12.5 Å². The van der Waals surface area contributed by atoms with Gasteiger partial charge in [0, 0.05) is 20.1 Å². The predicted octanol–water partition coefficient (Wildman–Crippen LogP) is 2.96. The van der Waals surface area contributed by atoms with Crippen LogP contribution in [0.5, 0.6) is 5.75 Å². The largest absolute Gasteiger partial charge is 0.497 e. The van der Waals surface area contributed by atoms with Crippen molar-refractivity contribution in [2.24, 2.45) is 4.99 Å². The van der Waals surface area contributed by atoms with Crippen LogP contribution in [0, 0.1) is 6.92 Å². The average molecular weight is 375 g/mol. The average Bonchev–Trinajstić information content (AvgIpc) is 2.63. The maximum absolute atomic E-state index is 12.3. The van der Waals surface area contributed by atoms with E-state index in [1.54, 1.807) is 12.1 Å². The molecule has 0 aromatic heterocycles. The Kier molecular flexibility index (Phi) is 6.76. The standard InChI is InChI=1S/C19H25N3O3S/c1-15-5-7-17(8-6-15)21-16(2)22(3)14-13-20-26(23,24)19-11-9-18(25-4)10-12-19/h5-12,20H,13-14H2,1-4H3. The van der Waals surface area contributed by atoms with Crippen LogP contribution in [-0.4, -0.2) is 46.4 Å². The molecule has 0 atom stereocenters. The Morgan fingerprint density at radius 1 is 1.12 bits per heavy atom.